The van der Waals surface area contributed by atoms with E-state index in [9.17, 15) is 17.6 Å². The van der Waals surface area contributed by atoms with Gasteiger partial charge in [0.2, 0.25) is 0 Å². The van der Waals surface area contributed by atoms with Crippen LogP contribution in [0.25, 0.3) is 28.1 Å². The molecule has 6 nitrogen and oxygen atoms in total. The van der Waals surface area contributed by atoms with E-state index in [-0.39, 0.29) is 61.2 Å². The van der Waals surface area contributed by atoms with Crippen molar-refractivity contribution in [1.82, 2.24) is 24.5 Å². The molecule has 1 aliphatic carbocycles. The van der Waals surface area contributed by atoms with Gasteiger partial charge in [0, 0.05) is 36.3 Å². The SMILES string of the molecule is Cl.Cl.N[C@H]1CCN([C@H](c2ccc3nnc(-c4ccc5ccc(F)c(C6CC6)c5n4)n3c2)C(F)(F)F)C1. The van der Waals surface area contributed by atoms with E-state index < -0.39 is 12.2 Å². The number of nitrogens with two attached hydrogens (primary N) is 1. The molecule has 1 saturated heterocycles. The lowest BCUT2D eigenvalue weighted by Crippen LogP contribution is -2.38. The fourth-order valence-electron chi connectivity index (χ4n) is 4.97. The molecule has 3 aromatic heterocycles. The number of rotatable bonds is 4. The molecule has 6 rings (SSSR count). The Morgan fingerprint density at radius 2 is 1.72 bits per heavy atom. The summed E-state index contributed by atoms with van der Waals surface area (Å²) in [7, 11) is 0. The number of nitrogens with zero attached hydrogens (tertiary/aromatic N) is 5. The Morgan fingerprint density at radius 3 is 2.39 bits per heavy atom. The molecule has 1 aliphatic heterocycles. The lowest BCUT2D eigenvalue weighted by molar-refractivity contribution is -0.183. The highest BCUT2D eigenvalue weighted by Crippen LogP contribution is 2.44. The maximum atomic E-state index is 14.6. The summed E-state index contributed by atoms with van der Waals surface area (Å²) in [5.74, 6) is 0.168. The van der Waals surface area contributed by atoms with Crippen molar-refractivity contribution >= 4 is 41.4 Å². The first kappa shape index (κ1) is 26.5. The maximum absolute atomic E-state index is 14.6. The van der Waals surface area contributed by atoms with Crippen LogP contribution in [-0.4, -0.2) is 49.8 Å². The van der Waals surface area contributed by atoms with Crippen LogP contribution < -0.4 is 5.73 Å². The zero-order valence-electron chi connectivity index (χ0n) is 19.0. The van der Waals surface area contributed by atoms with E-state index in [1.807, 2.05) is 6.07 Å². The van der Waals surface area contributed by atoms with Gasteiger partial charge in [-0.2, -0.15) is 13.2 Å². The first-order valence-electron chi connectivity index (χ1n) is 11.3. The number of aromatic nitrogens is 4. The van der Waals surface area contributed by atoms with Crippen molar-refractivity contribution < 1.29 is 17.6 Å². The molecular weight excluding hydrogens is 519 g/mol. The largest absolute Gasteiger partial charge is 0.408 e. The summed E-state index contributed by atoms with van der Waals surface area (Å²) in [6, 6.07) is 7.61. The van der Waals surface area contributed by atoms with Gasteiger partial charge in [0.15, 0.2) is 11.5 Å². The minimum absolute atomic E-state index is 0. The molecule has 1 aromatic carbocycles. The van der Waals surface area contributed by atoms with Crippen LogP contribution >= 0.6 is 24.8 Å². The molecule has 2 fully saturated rings. The second-order valence-electron chi connectivity index (χ2n) is 9.21. The van der Waals surface area contributed by atoms with Crippen LogP contribution in [0.2, 0.25) is 0 Å². The predicted molar refractivity (Wildman–Crippen MR) is 133 cm³/mol. The number of benzene rings is 1. The summed E-state index contributed by atoms with van der Waals surface area (Å²) in [5.41, 5.74) is 7.95. The number of pyridine rings is 2. The predicted octanol–water partition coefficient (Wildman–Crippen LogP) is 5.44. The Bertz CT molecular complexity index is 1400. The Hall–Kier alpha value is -2.53. The smallest absolute Gasteiger partial charge is 0.326 e. The Balaban J connectivity index is 0.00000152. The minimum atomic E-state index is -4.47. The molecule has 12 heteroatoms. The van der Waals surface area contributed by atoms with Crippen molar-refractivity contribution in [3.8, 4) is 11.5 Å². The summed E-state index contributed by atoms with van der Waals surface area (Å²) < 4.78 is 58.4. The first-order chi connectivity index (χ1) is 16.3. The zero-order chi connectivity index (χ0) is 23.6. The fourth-order valence-corrected chi connectivity index (χ4v) is 4.97. The summed E-state index contributed by atoms with van der Waals surface area (Å²) in [5, 5.41) is 9.13. The Labute approximate surface area is 216 Å². The third-order valence-corrected chi connectivity index (χ3v) is 6.74. The number of likely N-dealkylation sites (tertiary alicyclic amines) is 1. The van der Waals surface area contributed by atoms with Crippen molar-refractivity contribution in [2.24, 2.45) is 5.73 Å². The van der Waals surface area contributed by atoms with Gasteiger partial charge in [0.05, 0.1) is 5.52 Å². The normalized spacial score (nSPS) is 19.3. The quantitative estimate of drug-likeness (QED) is 0.347. The van der Waals surface area contributed by atoms with E-state index in [4.69, 9.17) is 5.73 Å². The van der Waals surface area contributed by atoms with Crippen molar-refractivity contribution in [3.63, 3.8) is 0 Å². The molecule has 36 heavy (non-hydrogen) atoms. The Morgan fingerprint density at radius 1 is 0.972 bits per heavy atom. The number of fused-ring (bicyclic) bond motifs is 2. The van der Waals surface area contributed by atoms with Crippen molar-refractivity contribution in [2.75, 3.05) is 13.1 Å². The molecule has 0 amide bonds. The maximum Gasteiger partial charge on any atom is 0.408 e. The van der Waals surface area contributed by atoms with Crippen LogP contribution in [0, 0.1) is 5.82 Å². The molecule has 2 atom stereocenters. The molecule has 2 aliphatic rings. The van der Waals surface area contributed by atoms with E-state index in [0.29, 0.717) is 34.7 Å². The average molecular weight is 543 g/mol. The van der Waals surface area contributed by atoms with Gasteiger partial charge < -0.3 is 5.73 Å². The van der Waals surface area contributed by atoms with Crippen molar-refractivity contribution in [2.45, 2.75) is 43.4 Å². The van der Waals surface area contributed by atoms with Crippen LogP contribution in [0.3, 0.4) is 0 Å². The summed E-state index contributed by atoms with van der Waals surface area (Å²) in [4.78, 5) is 6.06. The lowest BCUT2D eigenvalue weighted by atomic mass is 10.0. The van der Waals surface area contributed by atoms with Crippen LogP contribution in [0.4, 0.5) is 17.6 Å². The first-order valence-corrected chi connectivity index (χ1v) is 11.3. The van der Waals surface area contributed by atoms with Gasteiger partial charge >= 0.3 is 6.18 Å². The topological polar surface area (TPSA) is 72.3 Å². The molecule has 2 N–H and O–H groups in total. The summed E-state index contributed by atoms with van der Waals surface area (Å²) in [6.07, 6.45) is -0.695. The van der Waals surface area contributed by atoms with Crippen LogP contribution in [0.1, 0.15) is 42.3 Å². The molecule has 0 bridgehead atoms. The summed E-state index contributed by atoms with van der Waals surface area (Å²) in [6.45, 7) is 0.457. The number of hydrogen-bond donors (Lipinski definition) is 1. The molecule has 4 aromatic rings. The van der Waals surface area contributed by atoms with Gasteiger partial charge in [-0.1, -0.05) is 12.1 Å². The standard InChI is InChI=1S/C24H22F4N6.2ClH/c25-17-6-3-14-4-7-18(30-21(14)20(17)13-1-2-13)23-32-31-19-8-5-15(11-34(19)23)22(24(26,27)28)33-10-9-16(29)12-33;;/h3-8,11,13,16,22H,1-2,9-10,12,29H2;2*1H/t16-,22+;;/m0../s1. The molecule has 0 unspecified atom stereocenters. The Kier molecular flexibility index (Phi) is 7.18. The monoisotopic (exact) mass is 542 g/mol. The van der Waals surface area contributed by atoms with E-state index in [0.717, 1.165) is 18.2 Å². The third-order valence-electron chi connectivity index (χ3n) is 6.74. The van der Waals surface area contributed by atoms with E-state index in [1.54, 1.807) is 12.1 Å². The van der Waals surface area contributed by atoms with Gasteiger partial charge in [-0.3, -0.25) is 9.30 Å². The highest BCUT2D eigenvalue weighted by atomic mass is 35.5. The summed E-state index contributed by atoms with van der Waals surface area (Å²) >= 11 is 0. The third kappa shape index (κ3) is 4.63. The lowest BCUT2D eigenvalue weighted by Gasteiger charge is -2.30. The van der Waals surface area contributed by atoms with E-state index in [1.165, 1.54) is 33.7 Å². The second-order valence-corrected chi connectivity index (χ2v) is 9.21. The van der Waals surface area contributed by atoms with Gasteiger partial charge in [-0.25, -0.2) is 9.37 Å². The zero-order valence-corrected chi connectivity index (χ0v) is 20.6. The molecule has 1 saturated carbocycles. The molecule has 192 valence electrons. The minimum Gasteiger partial charge on any atom is -0.326 e. The van der Waals surface area contributed by atoms with Crippen molar-refractivity contribution in [3.05, 3.63) is 59.5 Å². The molecule has 4 heterocycles. The second kappa shape index (κ2) is 9.74. The fraction of sp³-hybridized carbons (Fsp3) is 0.375. The van der Waals surface area contributed by atoms with Gasteiger partial charge in [0.25, 0.3) is 0 Å². The highest BCUT2D eigenvalue weighted by molar-refractivity contribution is 5.86. The number of alkyl halides is 3. The van der Waals surface area contributed by atoms with Crippen LogP contribution in [0.15, 0.2) is 42.6 Å². The van der Waals surface area contributed by atoms with Crippen LogP contribution in [0.5, 0.6) is 0 Å². The van der Waals surface area contributed by atoms with Gasteiger partial charge in [0.1, 0.15) is 17.6 Å². The number of hydrogen-bond acceptors (Lipinski definition) is 5. The highest BCUT2D eigenvalue weighted by Gasteiger charge is 2.46. The van der Waals surface area contributed by atoms with Crippen molar-refractivity contribution in [1.29, 1.82) is 0 Å². The number of halogens is 6. The van der Waals surface area contributed by atoms with E-state index in [2.05, 4.69) is 15.2 Å². The van der Waals surface area contributed by atoms with Gasteiger partial charge in [-0.15, -0.1) is 35.0 Å². The molecule has 0 radical (unpaired) electrons. The average Bonchev–Trinajstić information content (AvgIpc) is 3.40. The molecule has 0 spiro atoms. The van der Waals surface area contributed by atoms with Crippen LogP contribution in [-0.2, 0) is 0 Å². The molecular formula is C24H24Cl2F4N6. The van der Waals surface area contributed by atoms with E-state index >= 15 is 0 Å². The van der Waals surface area contributed by atoms with Gasteiger partial charge in [-0.05, 0) is 55.0 Å².